The van der Waals surface area contributed by atoms with Gasteiger partial charge in [-0.15, -0.1) is 0 Å². The second kappa shape index (κ2) is 4.26. The zero-order valence-corrected chi connectivity index (χ0v) is 10.6. The number of benzene rings is 1. The van der Waals surface area contributed by atoms with Crippen LogP contribution in [0.3, 0.4) is 0 Å². The molecule has 0 bridgehead atoms. The lowest BCUT2D eigenvalue weighted by atomic mass is 10.1. The molecule has 0 radical (unpaired) electrons. The van der Waals surface area contributed by atoms with E-state index in [9.17, 15) is 14.4 Å². The molecule has 1 aliphatic heterocycles. The summed E-state index contributed by atoms with van der Waals surface area (Å²) >= 11 is 11.5. The molecule has 18 heavy (non-hydrogen) atoms. The van der Waals surface area contributed by atoms with Gasteiger partial charge in [-0.3, -0.25) is 14.5 Å². The van der Waals surface area contributed by atoms with Crippen molar-refractivity contribution in [2.45, 2.75) is 13.0 Å². The van der Waals surface area contributed by atoms with Crippen LogP contribution in [0.2, 0.25) is 10.0 Å². The Morgan fingerprint density at radius 3 is 1.89 bits per heavy atom. The van der Waals surface area contributed by atoms with E-state index >= 15 is 0 Å². The summed E-state index contributed by atoms with van der Waals surface area (Å²) in [5.74, 6) is -2.62. The first-order valence-electron chi connectivity index (χ1n) is 4.94. The molecular formula is C11H7Cl2NO4. The Bertz CT molecular complexity index is 544. The van der Waals surface area contributed by atoms with Crippen LogP contribution < -0.4 is 0 Å². The minimum Gasteiger partial charge on any atom is -0.480 e. The molecule has 5 nitrogen and oxygen atoms in total. The number of rotatable bonds is 2. The van der Waals surface area contributed by atoms with Crippen LogP contribution in [0.1, 0.15) is 27.6 Å². The Balaban J connectivity index is 2.54. The third-order valence-corrected chi connectivity index (χ3v) is 3.43. The quantitative estimate of drug-likeness (QED) is 0.845. The average Bonchev–Trinajstić information content (AvgIpc) is 2.52. The fourth-order valence-corrected chi connectivity index (χ4v) is 2.04. The van der Waals surface area contributed by atoms with Crippen molar-refractivity contribution in [3.05, 3.63) is 33.3 Å². The molecule has 0 saturated carbocycles. The highest BCUT2D eigenvalue weighted by atomic mass is 35.5. The standard InChI is InChI=1S/C11H7Cl2NO4/c1-4(11(17)18)14-9(15)5-2-7(12)8(13)3-6(5)10(14)16/h2-4H,1H3,(H,17,18)/t4-/m1/s1. The Morgan fingerprint density at radius 2 is 1.56 bits per heavy atom. The summed E-state index contributed by atoms with van der Waals surface area (Å²) in [5, 5.41) is 9.15. The Morgan fingerprint density at radius 1 is 1.17 bits per heavy atom. The van der Waals surface area contributed by atoms with Gasteiger partial charge in [0.1, 0.15) is 6.04 Å². The lowest BCUT2D eigenvalue weighted by Gasteiger charge is -2.17. The molecule has 0 saturated heterocycles. The number of fused-ring (bicyclic) bond motifs is 1. The predicted octanol–water partition coefficient (Wildman–Crippen LogP) is 2.06. The van der Waals surface area contributed by atoms with E-state index in [0.29, 0.717) is 4.90 Å². The fraction of sp³-hybridized carbons (Fsp3) is 0.182. The van der Waals surface area contributed by atoms with Crippen molar-refractivity contribution < 1.29 is 19.5 Å². The van der Waals surface area contributed by atoms with Crippen LogP contribution in [0.5, 0.6) is 0 Å². The van der Waals surface area contributed by atoms with Crippen molar-refractivity contribution >= 4 is 41.0 Å². The number of halogens is 2. The molecule has 0 unspecified atom stereocenters. The lowest BCUT2D eigenvalue weighted by Crippen LogP contribution is -2.42. The second-order valence-corrected chi connectivity index (χ2v) is 4.62. The monoisotopic (exact) mass is 287 g/mol. The lowest BCUT2D eigenvalue weighted by molar-refractivity contribution is -0.140. The van der Waals surface area contributed by atoms with Crippen molar-refractivity contribution in [1.82, 2.24) is 4.90 Å². The topological polar surface area (TPSA) is 74.7 Å². The first kappa shape index (κ1) is 12.9. The van der Waals surface area contributed by atoms with Gasteiger partial charge < -0.3 is 5.11 Å². The van der Waals surface area contributed by atoms with Gasteiger partial charge in [-0.2, -0.15) is 0 Å². The molecule has 1 aromatic carbocycles. The van der Waals surface area contributed by atoms with E-state index in [2.05, 4.69) is 0 Å². The third-order valence-electron chi connectivity index (χ3n) is 2.70. The number of carboxylic acid groups (broad SMARTS) is 1. The Hall–Kier alpha value is -1.59. The maximum atomic E-state index is 12.0. The van der Waals surface area contributed by atoms with Gasteiger partial charge in [0, 0.05) is 0 Å². The van der Waals surface area contributed by atoms with Gasteiger partial charge in [0.2, 0.25) is 0 Å². The first-order chi connectivity index (χ1) is 8.34. The van der Waals surface area contributed by atoms with Crippen molar-refractivity contribution in [3.63, 3.8) is 0 Å². The number of hydrogen-bond acceptors (Lipinski definition) is 3. The van der Waals surface area contributed by atoms with E-state index in [1.54, 1.807) is 0 Å². The minimum absolute atomic E-state index is 0.0718. The van der Waals surface area contributed by atoms with Crippen molar-refractivity contribution in [2.75, 3.05) is 0 Å². The summed E-state index contributed by atoms with van der Waals surface area (Å²) in [5.41, 5.74) is 0.144. The van der Waals surface area contributed by atoms with Crippen molar-refractivity contribution in [3.8, 4) is 0 Å². The molecule has 1 aromatic rings. The maximum Gasteiger partial charge on any atom is 0.326 e. The molecule has 1 heterocycles. The molecule has 0 spiro atoms. The zero-order valence-electron chi connectivity index (χ0n) is 9.11. The summed E-state index contributed by atoms with van der Waals surface area (Å²) in [7, 11) is 0. The SMILES string of the molecule is C[C@H](C(=O)O)N1C(=O)c2cc(Cl)c(Cl)cc2C1=O. The fourth-order valence-electron chi connectivity index (χ4n) is 1.71. The highest BCUT2D eigenvalue weighted by Crippen LogP contribution is 2.32. The van der Waals surface area contributed by atoms with Crippen LogP contribution in [0.15, 0.2) is 12.1 Å². The van der Waals surface area contributed by atoms with Gasteiger partial charge in [-0.1, -0.05) is 23.2 Å². The van der Waals surface area contributed by atoms with Crippen LogP contribution in [-0.2, 0) is 4.79 Å². The highest BCUT2D eigenvalue weighted by molar-refractivity contribution is 6.43. The molecule has 0 aliphatic carbocycles. The number of carboxylic acids is 1. The van der Waals surface area contributed by atoms with Crippen LogP contribution in [0.4, 0.5) is 0 Å². The smallest absolute Gasteiger partial charge is 0.326 e. The van der Waals surface area contributed by atoms with Gasteiger partial charge in [-0.05, 0) is 19.1 Å². The summed E-state index contributed by atoms with van der Waals surface area (Å²) < 4.78 is 0. The van der Waals surface area contributed by atoms with E-state index < -0.39 is 23.8 Å². The van der Waals surface area contributed by atoms with Crippen molar-refractivity contribution in [1.29, 1.82) is 0 Å². The van der Waals surface area contributed by atoms with Gasteiger partial charge in [-0.25, -0.2) is 4.79 Å². The average molecular weight is 288 g/mol. The van der Waals surface area contributed by atoms with Crippen LogP contribution in [0.25, 0.3) is 0 Å². The van der Waals surface area contributed by atoms with Gasteiger partial charge >= 0.3 is 5.97 Å². The van der Waals surface area contributed by atoms with Gasteiger partial charge in [0.05, 0.1) is 21.2 Å². The highest BCUT2D eigenvalue weighted by Gasteiger charge is 2.41. The number of carbonyl (C=O) groups excluding carboxylic acids is 2. The van der Waals surface area contributed by atoms with Crippen LogP contribution in [-0.4, -0.2) is 33.8 Å². The van der Waals surface area contributed by atoms with E-state index in [-0.39, 0.29) is 21.2 Å². The maximum absolute atomic E-state index is 12.0. The van der Waals surface area contributed by atoms with Crippen molar-refractivity contribution in [2.24, 2.45) is 0 Å². The Labute approximate surface area is 112 Å². The third kappa shape index (κ3) is 1.76. The molecule has 7 heteroatoms. The van der Waals surface area contributed by atoms with Gasteiger partial charge in [0.15, 0.2) is 0 Å². The van der Waals surface area contributed by atoms with E-state index in [1.165, 1.54) is 19.1 Å². The molecule has 1 N–H and O–H groups in total. The summed E-state index contributed by atoms with van der Waals surface area (Å²) in [4.78, 5) is 35.5. The van der Waals surface area contributed by atoms with Gasteiger partial charge in [0.25, 0.3) is 11.8 Å². The van der Waals surface area contributed by atoms with Crippen LogP contribution in [0, 0.1) is 0 Å². The molecule has 94 valence electrons. The number of nitrogens with zero attached hydrogens (tertiary/aromatic N) is 1. The molecule has 1 atom stereocenters. The minimum atomic E-state index is -1.26. The zero-order chi connectivity index (χ0) is 13.6. The molecule has 1 aliphatic rings. The second-order valence-electron chi connectivity index (χ2n) is 3.81. The number of hydrogen-bond donors (Lipinski definition) is 1. The number of carbonyl (C=O) groups is 3. The molecule has 0 aromatic heterocycles. The van der Waals surface area contributed by atoms with E-state index in [0.717, 1.165) is 0 Å². The predicted molar refractivity (Wildman–Crippen MR) is 64.1 cm³/mol. The van der Waals surface area contributed by atoms with Crippen LogP contribution >= 0.6 is 23.2 Å². The molecule has 2 rings (SSSR count). The summed E-state index contributed by atoms with van der Waals surface area (Å²) in [6.07, 6.45) is 0. The number of amides is 2. The normalized spacial score (nSPS) is 15.8. The molecule has 0 fully saturated rings. The van der Waals surface area contributed by atoms with E-state index in [4.69, 9.17) is 28.3 Å². The first-order valence-corrected chi connectivity index (χ1v) is 5.70. The largest absolute Gasteiger partial charge is 0.480 e. The summed E-state index contributed by atoms with van der Waals surface area (Å²) in [6, 6.07) is 1.30. The number of imide groups is 1. The van der Waals surface area contributed by atoms with E-state index in [1.807, 2.05) is 0 Å². The molecular weight excluding hydrogens is 281 g/mol. The number of aliphatic carboxylic acids is 1. The summed E-state index contributed by atoms with van der Waals surface area (Å²) in [6.45, 7) is 1.26. The molecule has 2 amide bonds. The Kier molecular flexibility index (Phi) is 3.04.